The lowest BCUT2D eigenvalue weighted by atomic mass is 9.71. The minimum absolute atomic E-state index is 0.0735. The summed E-state index contributed by atoms with van der Waals surface area (Å²) in [4.78, 5) is 15.8. The van der Waals surface area contributed by atoms with E-state index in [1.807, 2.05) is 0 Å². The smallest absolute Gasteiger partial charge is 0.229 e. The Hall–Kier alpha value is -3.55. The number of aromatic nitrogens is 3. The average Bonchev–Trinajstić information content (AvgIpc) is 2.82. The topological polar surface area (TPSA) is 119 Å². The third-order valence-corrected chi connectivity index (χ3v) is 7.87. The second-order valence-corrected chi connectivity index (χ2v) is 13.1. The van der Waals surface area contributed by atoms with Crippen LogP contribution in [0.15, 0.2) is 40.9 Å². The summed E-state index contributed by atoms with van der Waals surface area (Å²) in [5.74, 6) is 2.09. The van der Waals surface area contributed by atoms with E-state index in [0.29, 0.717) is 29.3 Å². The first-order valence-corrected chi connectivity index (χ1v) is 14.7. The van der Waals surface area contributed by atoms with E-state index in [1.165, 1.54) is 35.7 Å². The Morgan fingerprint density at radius 1 is 1.22 bits per heavy atom. The van der Waals surface area contributed by atoms with Crippen LogP contribution in [0, 0.1) is 11.3 Å². The Balaban J connectivity index is 1.48. The van der Waals surface area contributed by atoms with Gasteiger partial charge in [0.1, 0.15) is 17.5 Å². The summed E-state index contributed by atoms with van der Waals surface area (Å²) in [6.45, 7) is 5.64. The van der Waals surface area contributed by atoms with Gasteiger partial charge in [-0.3, -0.25) is 4.90 Å². The fraction of sp³-hybridized carbons (Fsp3) is 0.407. The van der Waals surface area contributed by atoms with Gasteiger partial charge >= 0.3 is 0 Å². The summed E-state index contributed by atoms with van der Waals surface area (Å²) in [7, 11) is -0.148. The van der Waals surface area contributed by atoms with E-state index in [2.05, 4.69) is 73.9 Å². The van der Waals surface area contributed by atoms with Crippen LogP contribution < -0.4 is 10.6 Å². The Morgan fingerprint density at radius 2 is 2.03 bits per heavy atom. The van der Waals surface area contributed by atoms with Gasteiger partial charge in [0.2, 0.25) is 5.95 Å². The normalized spacial score (nSPS) is 18.4. The van der Waals surface area contributed by atoms with Gasteiger partial charge in [-0.25, -0.2) is 14.2 Å². The fourth-order valence-electron chi connectivity index (χ4n) is 5.25. The lowest BCUT2D eigenvalue weighted by molar-refractivity contribution is 0.122. The number of nitrogens with one attached hydrogen (secondary N) is 2. The maximum atomic E-state index is 12.1. The summed E-state index contributed by atoms with van der Waals surface area (Å²) in [6.07, 6.45) is 8.10. The molecular formula is C27H32N8OS. The van der Waals surface area contributed by atoms with Gasteiger partial charge < -0.3 is 10.6 Å². The molecular weight excluding hydrogens is 484 g/mol. The molecule has 3 aromatic rings. The quantitative estimate of drug-likeness (QED) is 0.475. The van der Waals surface area contributed by atoms with Crippen molar-refractivity contribution in [1.29, 1.82) is 5.26 Å². The lowest BCUT2D eigenvalue weighted by Gasteiger charge is -2.47. The molecule has 1 aromatic carbocycles. The van der Waals surface area contributed by atoms with E-state index in [9.17, 15) is 9.47 Å². The minimum Gasteiger partial charge on any atom is -0.324 e. The van der Waals surface area contributed by atoms with Crippen LogP contribution in [0.3, 0.4) is 0 Å². The first-order chi connectivity index (χ1) is 17.5. The van der Waals surface area contributed by atoms with Crippen molar-refractivity contribution in [2.75, 3.05) is 36.7 Å². The van der Waals surface area contributed by atoms with E-state index >= 15 is 0 Å². The molecule has 0 fully saturated rings. The number of benzene rings is 1. The molecule has 37 heavy (non-hydrogen) atoms. The summed E-state index contributed by atoms with van der Waals surface area (Å²) in [6, 6.07) is 11.8. The van der Waals surface area contributed by atoms with Gasteiger partial charge in [-0.05, 0) is 87.0 Å². The Labute approximate surface area is 218 Å². The molecule has 2 aliphatic rings. The van der Waals surface area contributed by atoms with E-state index < -0.39 is 9.73 Å². The lowest BCUT2D eigenvalue weighted by Crippen LogP contribution is -2.46. The zero-order chi connectivity index (χ0) is 26.4. The third-order valence-electron chi connectivity index (χ3n) is 7.24. The van der Waals surface area contributed by atoms with E-state index in [1.54, 1.807) is 30.7 Å². The number of hydrogen-bond donors (Lipinski definition) is 2. The van der Waals surface area contributed by atoms with Gasteiger partial charge in [-0.2, -0.15) is 14.6 Å². The van der Waals surface area contributed by atoms with Crippen LogP contribution in [0.2, 0.25) is 0 Å². The number of anilines is 4. The van der Waals surface area contributed by atoms with Gasteiger partial charge in [-0.15, -0.1) is 0 Å². The first kappa shape index (κ1) is 25.1. The van der Waals surface area contributed by atoms with Crippen molar-refractivity contribution in [2.24, 2.45) is 4.36 Å². The molecule has 3 heterocycles. The van der Waals surface area contributed by atoms with Crippen LogP contribution >= 0.6 is 0 Å². The fourth-order valence-corrected chi connectivity index (χ4v) is 5.80. The van der Waals surface area contributed by atoms with Crippen molar-refractivity contribution < 1.29 is 4.21 Å². The molecule has 5 rings (SSSR count). The molecule has 2 N–H and O–H groups in total. The van der Waals surface area contributed by atoms with Crippen molar-refractivity contribution in [3.05, 3.63) is 58.8 Å². The number of nitrogens with zero attached hydrogens (tertiary/aromatic N) is 6. The molecule has 1 atom stereocenters. The third kappa shape index (κ3) is 5.15. The predicted molar refractivity (Wildman–Crippen MR) is 147 cm³/mol. The van der Waals surface area contributed by atoms with Crippen LogP contribution in [0.4, 0.5) is 29.1 Å². The molecule has 0 radical (unpaired) electrons. The molecule has 0 saturated heterocycles. The van der Waals surface area contributed by atoms with Gasteiger partial charge in [0.15, 0.2) is 11.6 Å². The highest BCUT2D eigenvalue weighted by Crippen LogP contribution is 2.46. The second-order valence-electron chi connectivity index (χ2n) is 10.6. The summed E-state index contributed by atoms with van der Waals surface area (Å²) in [5, 5.41) is 16.1. The molecule has 0 bridgehead atoms. The highest BCUT2D eigenvalue weighted by atomic mass is 32.2. The average molecular weight is 517 g/mol. The van der Waals surface area contributed by atoms with Gasteiger partial charge in [0.05, 0.1) is 6.20 Å². The van der Waals surface area contributed by atoms with Crippen molar-refractivity contribution in [3.63, 3.8) is 0 Å². The van der Waals surface area contributed by atoms with Crippen LogP contribution in [-0.2, 0) is 21.7 Å². The molecule has 0 saturated carbocycles. The maximum Gasteiger partial charge on any atom is 0.229 e. The summed E-state index contributed by atoms with van der Waals surface area (Å²) < 4.78 is 16.2. The maximum absolute atomic E-state index is 12.1. The second kappa shape index (κ2) is 9.39. The zero-order valence-corrected chi connectivity index (χ0v) is 22.7. The number of aryl methyl sites for hydroxylation is 1. The van der Waals surface area contributed by atoms with Crippen molar-refractivity contribution in [2.45, 2.75) is 44.6 Å². The number of pyridine rings is 1. The van der Waals surface area contributed by atoms with Crippen molar-refractivity contribution in [3.8, 4) is 6.07 Å². The van der Waals surface area contributed by atoms with Crippen LogP contribution in [0.1, 0.15) is 54.9 Å². The van der Waals surface area contributed by atoms with Crippen LogP contribution in [-0.4, -0.2) is 50.2 Å². The summed E-state index contributed by atoms with van der Waals surface area (Å²) >= 11 is 0. The van der Waals surface area contributed by atoms with E-state index in [4.69, 9.17) is 0 Å². The van der Waals surface area contributed by atoms with E-state index in [0.717, 1.165) is 18.7 Å². The molecule has 1 aliphatic carbocycles. The zero-order valence-electron chi connectivity index (χ0n) is 21.9. The van der Waals surface area contributed by atoms with Crippen LogP contribution in [0.25, 0.3) is 0 Å². The van der Waals surface area contributed by atoms with Gasteiger partial charge in [0.25, 0.3) is 0 Å². The van der Waals surface area contributed by atoms with Crippen LogP contribution in [0.5, 0.6) is 0 Å². The Bertz CT molecular complexity index is 1530. The molecule has 0 amide bonds. The molecule has 192 valence electrons. The summed E-state index contributed by atoms with van der Waals surface area (Å²) in [5.41, 5.74) is 5.42. The van der Waals surface area contributed by atoms with Gasteiger partial charge in [0, 0.05) is 40.0 Å². The standard InChI is InChI=1S/C27H32N8OS/c1-27(2)21-13-20(12-17-8-6-9-18(24(17)21)16-35(27)3)30-26-29-15-19(14-28)25(33-26)32-22-10-7-11-23(31-22)34-37(4,5)36/h7,10-13,15,18H,6,8-9,16H2,1-5H3,(H2,29,30,31,32,33)/t18-/m1/s1. The highest BCUT2D eigenvalue weighted by Gasteiger charge is 2.39. The SMILES string of the molecule is CN1C[C@H]2CCCc3cc(Nc4ncc(C#N)c(Nc5cccc(N=S(C)(C)=O)n5)n4)cc(c32)C1(C)C. The highest BCUT2D eigenvalue weighted by molar-refractivity contribution is 7.92. The number of likely N-dealkylation sites (N-methyl/N-ethyl adjacent to an activating group) is 1. The van der Waals surface area contributed by atoms with Crippen molar-refractivity contribution in [1.82, 2.24) is 19.9 Å². The molecule has 2 aromatic heterocycles. The molecule has 0 spiro atoms. The molecule has 10 heteroatoms. The molecule has 9 nitrogen and oxygen atoms in total. The Morgan fingerprint density at radius 3 is 2.78 bits per heavy atom. The Kier molecular flexibility index (Phi) is 6.38. The monoisotopic (exact) mass is 516 g/mol. The molecule has 0 unspecified atom stereocenters. The first-order valence-electron chi connectivity index (χ1n) is 12.4. The largest absolute Gasteiger partial charge is 0.324 e. The van der Waals surface area contributed by atoms with Gasteiger partial charge in [-0.1, -0.05) is 6.07 Å². The molecule has 1 aliphatic heterocycles. The predicted octanol–water partition coefficient (Wildman–Crippen LogP) is 5.19. The van der Waals surface area contributed by atoms with E-state index in [-0.39, 0.29) is 11.1 Å². The number of nitriles is 1. The minimum atomic E-state index is -2.35. The van der Waals surface area contributed by atoms with Crippen molar-refractivity contribution >= 4 is 38.8 Å². The number of hydrogen-bond acceptors (Lipinski definition) is 9. The number of rotatable bonds is 5.